The predicted octanol–water partition coefficient (Wildman–Crippen LogP) is 2.01. The molecular weight excluding hydrogens is 340 g/mol. The molecule has 0 saturated carbocycles. The monoisotopic (exact) mass is 358 g/mol. The molecule has 6 nitrogen and oxygen atoms in total. The number of nitrogens with one attached hydrogen (secondary N) is 1. The molecule has 1 unspecified atom stereocenters. The van der Waals surface area contributed by atoms with Crippen molar-refractivity contribution in [3.05, 3.63) is 54.1 Å². The van der Waals surface area contributed by atoms with Crippen LogP contribution in [0.5, 0.6) is 0 Å². The fourth-order valence-corrected chi connectivity index (χ4v) is 3.47. The van der Waals surface area contributed by atoms with Crippen molar-refractivity contribution in [2.45, 2.75) is 24.3 Å². The van der Waals surface area contributed by atoms with E-state index in [4.69, 9.17) is 0 Å². The summed E-state index contributed by atoms with van der Waals surface area (Å²) in [6.45, 7) is 1.64. The molecule has 7 heteroatoms. The van der Waals surface area contributed by atoms with Crippen LogP contribution < -0.4 is 10.2 Å². The van der Waals surface area contributed by atoms with Crippen LogP contribution in [-0.4, -0.2) is 32.5 Å². The normalized spacial score (nSPS) is 17.0. The average Bonchev–Trinajstić information content (AvgIpc) is 2.55. The maximum atomic E-state index is 12.8. The minimum atomic E-state index is -3.41. The molecule has 1 atom stereocenters. The molecule has 0 bridgehead atoms. The van der Waals surface area contributed by atoms with Crippen LogP contribution in [0.1, 0.15) is 12.5 Å². The van der Waals surface area contributed by atoms with Crippen LogP contribution in [0.3, 0.4) is 0 Å². The van der Waals surface area contributed by atoms with E-state index in [0.717, 1.165) is 11.8 Å². The highest BCUT2D eigenvalue weighted by Crippen LogP contribution is 2.34. The van der Waals surface area contributed by atoms with Gasteiger partial charge in [-0.2, -0.15) is 0 Å². The Morgan fingerprint density at radius 2 is 1.84 bits per heavy atom. The lowest BCUT2D eigenvalue weighted by Gasteiger charge is -2.34. The van der Waals surface area contributed by atoms with Crippen molar-refractivity contribution >= 4 is 33.0 Å². The van der Waals surface area contributed by atoms with Gasteiger partial charge < -0.3 is 5.32 Å². The number of amides is 2. The largest absolute Gasteiger partial charge is 0.322 e. The highest BCUT2D eigenvalue weighted by atomic mass is 32.2. The number of sulfone groups is 1. The number of rotatable bonds is 3. The fraction of sp³-hybridized carbons (Fsp3) is 0.222. The van der Waals surface area contributed by atoms with Crippen molar-refractivity contribution in [1.82, 2.24) is 0 Å². The second-order valence-electron chi connectivity index (χ2n) is 6.04. The first-order valence-corrected chi connectivity index (χ1v) is 9.67. The quantitative estimate of drug-likeness (QED) is 0.910. The molecule has 0 aromatic heterocycles. The van der Waals surface area contributed by atoms with Gasteiger partial charge in [0.25, 0.3) is 0 Å². The lowest BCUT2D eigenvalue weighted by molar-refractivity contribution is -0.123. The van der Waals surface area contributed by atoms with Crippen molar-refractivity contribution in [2.75, 3.05) is 16.5 Å². The van der Waals surface area contributed by atoms with E-state index in [1.54, 1.807) is 13.0 Å². The smallest absolute Gasteiger partial charge is 0.247 e. The number of nitrogens with zero attached hydrogens (tertiary/aromatic N) is 1. The van der Waals surface area contributed by atoms with E-state index in [2.05, 4.69) is 5.32 Å². The first-order valence-electron chi connectivity index (χ1n) is 7.78. The zero-order valence-corrected chi connectivity index (χ0v) is 14.7. The summed E-state index contributed by atoms with van der Waals surface area (Å²) in [5.41, 5.74) is 1.67. The highest BCUT2D eigenvalue weighted by molar-refractivity contribution is 7.90. The molecular formula is C18H18N2O4S. The lowest BCUT2D eigenvalue weighted by atomic mass is 10.1. The lowest BCUT2D eigenvalue weighted by Crippen LogP contribution is -2.50. The molecule has 25 heavy (non-hydrogen) atoms. The summed E-state index contributed by atoms with van der Waals surface area (Å²) in [4.78, 5) is 26.5. The Hall–Kier alpha value is -2.67. The summed E-state index contributed by atoms with van der Waals surface area (Å²) in [7, 11) is -3.41. The van der Waals surface area contributed by atoms with Gasteiger partial charge in [0, 0.05) is 6.26 Å². The molecule has 0 radical (unpaired) electrons. The number of hydrogen-bond acceptors (Lipinski definition) is 4. The first-order chi connectivity index (χ1) is 11.8. The van der Waals surface area contributed by atoms with Gasteiger partial charge >= 0.3 is 0 Å². The molecule has 1 aliphatic rings. The van der Waals surface area contributed by atoms with E-state index in [-0.39, 0.29) is 23.1 Å². The van der Waals surface area contributed by atoms with Gasteiger partial charge in [0.2, 0.25) is 11.8 Å². The number of hydrogen-bond donors (Lipinski definition) is 1. The molecule has 1 aliphatic heterocycles. The highest BCUT2D eigenvalue weighted by Gasteiger charge is 2.34. The Labute approximate surface area is 146 Å². The Bertz CT molecular complexity index is 939. The topological polar surface area (TPSA) is 83.6 Å². The molecule has 0 saturated heterocycles. The van der Waals surface area contributed by atoms with Gasteiger partial charge in [-0.15, -0.1) is 0 Å². The Morgan fingerprint density at radius 1 is 1.16 bits per heavy atom. The maximum absolute atomic E-state index is 12.8. The van der Waals surface area contributed by atoms with Crippen molar-refractivity contribution < 1.29 is 18.0 Å². The molecule has 0 aliphatic carbocycles. The second-order valence-corrected chi connectivity index (χ2v) is 8.06. The molecule has 2 amide bonds. The van der Waals surface area contributed by atoms with Gasteiger partial charge in [-0.25, -0.2) is 8.42 Å². The molecule has 1 heterocycles. The van der Waals surface area contributed by atoms with Gasteiger partial charge in [0.15, 0.2) is 9.84 Å². The molecule has 0 fully saturated rings. The number of anilines is 2. The average molecular weight is 358 g/mol. The Kier molecular flexibility index (Phi) is 4.34. The minimum Gasteiger partial charge on any atom is -0.322 e. The number of carbonyl (C=O) groups excluding carboxylic acids is 2. The van der Waals surface area contributed by atoms with Crippen LogP contribution in [0.2, 0.25) is 0 Å². The van der Waals surface area contributed by atoms with Gasteiger partial charge in [-0.05, 0) is 30.7 Å². The Morgan fingerprint density at radius 3 is 2.48 bits per heavy atom. The minimum absolute atomic E-state index is 0.0940. The summed E-state index contributed by atoms with van der Waals surface area (Å²) in [6, 6.07) is 13.0. The fourth-order valence-electron chi connectivity index (χ4n) is 2.83. The predicted molar refractivity (Wildman–Crippen MR) is 95.3 cm³/mol. The van der Waals surface area contributed by atoms with Gasteiger partial charge in [-0.3, -0.25) is 14.5 Å². The van der Waals surface area contributed by atoms with Crippen molar-refractivity contribution in [3.63, 3.8) is 0 Å². The van der Waals surface area contributed by atoms with Crippen LogP contribution in [0, 0.1) is 0 Å². The molecule has 3 rings (SSSR count). The van der Waals surface area contributed by atoms with Crippen LogP contribution in [-0.2, 0) is 25.8 Å². The van der Waals surface area contributed by atoms with E-state index < -0.39 is 15.9 Å². The third-order valence-electron chi connectivity index (χ3n) is 4.15. The summed E-state index contributed by atoms with van der Waals surface area (Å²) in [5.74, 6) is -0.568. The van der Waals surface area contributed by atoms with Gasteiger partial charge in [-0.1, -0.05) is 30.3 Å². The van der Waals surface area contributed by atoms with Crippen LogP contribution >= 0.6 is 0 Å². The first kappa shape index (κ1) is 17.2. The second kappa shape index (κ2) is 6.33. The van der Waals surface area contributed by atoms with E-state index in [1.807, 2.05) is 30.3 Å². The van der Waals surface area contributed by atoms with Crippen LogP contribution in [0.4, 0.5) is 11.4 Å². The summed E-state index contributed by atoms with van der Waals surface area (Å²) >= 11 is 0. The van der Waals surface area contributed by atoms with E-state index in [1.165, 1.54) is 17.0 Å². The third kappa shape index (κ3) is 3.41. The Balaban J connectivity index is 2.00. The van der Waals surface area contributed by atoms with Crippen molar-refractivity contribution in [1.29, 1.82) is 0 Å². The molecule has 2 aromatic carbocycles. The van der Waals surface area contributed by atoms with Crippen LogP contribution in [0.25, 0.3) is 0 Å². The molecule has 2 aromatic rings. The number of carbonyl (C=O) groups is 2. The summed E-state index contributed by atoms with van der Waals surface area (Å²) < 4.78 is 23.5. The van der Waals surface area contributed by atoms with E-state index in [0.29, 0.717) is 11.4 Å². The number of fused-ring (bicyclic) bond motifs is 1. The standard InChI is InChI=1S/C18H18N2O4S/c1-12-18(22)19-15-11-14(25(2,23)24)8-9-16(15)20(12)17(21)10-13-6-4-3-5-7-13/h3-9,11-12H,10H2,1-2H3,(H,19,22). The van der Waals surface area contributed by atoms with Crippen molar-refractivity contribution in [2.24, 2.45) is 0 Å². The third-order valence-corrected chi connectivity index (χ3v) is 5.26. The number of benzene rings is 2. The zero-order valence-electron chi connectivity index (χ0n) is 13.9. The summed E-state index contributed by atoms with van der Waals surface area (Å²) in [6.07, 6.45) is 1.26. The zero-order chi connectivity index (χ0) is 18.2. The van der Waals surface area contributed by atoms with E-state index in [9.17, 15) is 18.0 Å². The molecule has 0 spiro atoms. The molecule has 130 valence electrons. The maximum Gasteiger partial charge on any atom is 0.247 e. The van der Waals surface area contributed by atoms with Crippen molar-refractivity contribution in [3.8, 4) is 0 Å². The SMILES string of the molecule is CC1C(=O)Nc2cc(S(C)(=O)=O)ccc2N1C(=O)Cc1ccccc1. The van der Waals surface area contributed by atoms with Crippen LogP contribution in [0.15, 0.2) is 53.4 Å². The van der Waals surface area contributed by atoms with Gasteiger partial charge in [0.05, 0.1) is 22.7 Å². The van der Waals surface area contributed by atoms with Gasteiger partial charge in [0.1, 0.15) is 6.04 Å². The van der Waals surface area contributed by atoms with E-state index >= 15 is 0 Å². The summed E-state index contributed by atoms with van der Waals surface area (Å²) in [5, 5.41) is 2.67. The molecule has 1 N–H and O–H groups in total.